The summed E-state index contributed by atoms with van der Waals surface area (Å²) in [4.78, 5) is 13.9. The summed E-state index contributed by atoms with van der Waals surface area (Å²) in [5, 5.41) is 8.66. The Hall–Kier alpha value is -2.15. The number of benzene rings is 1. The zero-order chi connectivity index (χ0) is 19.9. The number of nitriles is 1. The smallest absolute Gasteiger partial charge is 0.282 e. The number of nitrogens with zero attached hydrogens (tertiary/aromatic N) is 4. The molecular weight excluding hydrogens is 368 g/mol. The van der Waals surface area contributed by atoms with Crippen LogP contribution >= 0.6 is 0 Å². The summed E-state index contributed by atoms with van der Waals surface area (Å²) in [5.74, 6) is 0.392. The first-order valence-corrected chi connectivity index (χ1v) is 10.4. The highest BCUT2D eigenvalue weighted by Crippen LogP contribution is 2.14. The first kappa shape index (κ1) is 21.2. The number of hydrogen-bond acceptors (Lipinski definition) is 5. The van der Waals surface area contributed by atoms with Crippen LogP contribution in [-0.4, -0.2) is 73.7 Å². The molecule has 9 heteroatoms. The van der Waals surface area contributed by atoms with Gasteiger partial charge >= 0.3 is 0 Å². The van der Waals surface area contributed by atoms with E-state index in [-0.39, 0.29) is 25.6 Å². The van der Waals surface area contributed by atoms with Gasteiger partial charge in [0.05, 0.1) is 12.5 Å². The predicted octanol–water partition coefficient (Wildman–Crippen LogP) is 0.862. The fourth-order valence-electron chi connectivity index (χ4n) is 2.91. The van der Waals surface area contributed by atoms with Gasteiger partial charge in [0.2, 0.25) is 0 Å². The molecule has 0 atom stereocenters. The normalized spacial score (nSPS) is 15.6. The van der Waals surface area contributed by atoms with Crippen molar-refractivity contribution in [3.63, 3.8) is 0 Å². The quantitative estimate of drug-likeness (QED) is 0.652. The summed E-state index contributed by atoms with van der Waals surface area (Å²) in [6.45, 7) is 5.66. The average molecular weight is 394 g/mol. The SMILES string of the molecule is CCN(CC)S(=O)(=O)N1CCN(C(=O)COc2ccc(CC#N)cc2)CC1. The molecule has 1 aliphatic heterocycles. The van der Waals surface area contributed by atoms with Gasteiger partial charge in [-0.25, -0.2) is 0 Å². The molecular formula is C18H26N4O4S. The molecule has 2 rings (SSSR count). The van der Waals surface area contributed by atoms with E-state index in [1.165, 1.54) is 8.61 Å². The number of carbonyl (C=O) groups excluding carboxylic acids is 1. The van der Waals surface area contributed by atoms with Crippen LogP contribution in [0.15, 0.2) is 24.3 Å². The number of ether oxygens (including phenoxy) is 1. The van der Waals surface area contributed by atoms with Gasteiger partial charge in [-0.05, 0) is 17.7 Å². The third-order valence-electron chi connectivity index (χ3n) is 4.52. The van der Waals surface area contributed by atoms with E-state index in [2.05, 4.69) is 6.07 Å². The van der Waals surface area contributed by atoms with Crippen molar-refractivity contribution in [1.29, 1.82) is 5.26 Å². The summed E-state index contributed by atoms with van der Waals surface area (Å²) in [5.41, 5.74) is 0.890. The van der Waals surface area contributed by atoms with Gasteiger partial charge in [-0.15, -0.1) is 0 Å². The minimum Gasteiger partial charge on any atom is -0.484 e. The molecule has 0 bridgehead atoms. The van der Waals surface area contributed by atoms with Crippen LogP contribution in [0.4, 0.5) is 0 Å². The molecule has 8 nitrogen and oxygen atoms in total. The summed E-state index contributed by atoms with van der Waals surface area (Å²) in [6, 6.07) is 9.12. The summed E-state index contributed by atoms with van der Waals surface area (Å²) in [7, 11) is -3.46. The van der Waals surface area contributed by atoms with Crippen LogP contribution in [-0.2, 0) is 21.4 Å². The van der Waals surface area contributed by atoms with E-state index in [0.29, 0.717) is 38.3 Å². The molecule has 0 radical (unpaired) electrons. The van der Waals surface area contributed by atoms with Gasteiger partial charge in [-0.1, -0.05) is 26.0 Å². The molecule has 0 aromatic heterocycles. The third-order valence-corrected chi connectivity index (χ3v) is 6.70. The van der Waals surface area contributed by atoms with Crippen LogP contribution in [0.1, 0.15) is 19.4 Å². The van der Waals surface area contributed by atoms with Crippen molar-refractivity contribution >= 4 is 16.1 Å². The molecule has 1 aliphatic rings. The second-order valence-electron chi connectivity index (χ2n) is 6.14. The van der Waals surface area contributed by atoms with Gasteiger partial charge in [-0.3, -0.25) is 4.79 Å². The maximum Gasteiger partial charge on any atom is 0.282 e. The van der Waals surface area contributed by atoms with E-state index in [1.807, 2.05) is 13.8 Å². The Morgan fingerprint density at radius 2 is 1.74 bits per heavy atom. The number of carbonyl (C=O) groups is 1. The van der Waals surface area contributed by atoms with Crippen molar-refractivity contribution in [2.75, 3.05) is 45.9 Å². The molecule has 1 saturated heterocycles. The highest BCUT2D eigenvalue weighted by atomic mass is 32.2. The van der Waals surface area contributed by atoms with Gasteiger partial charge in [0.25, 0.3) is 16.1 Å². The first-order chi connectivity index (χ1) is 12.9. The summed E-state index contributed by atoms with van der Waals surface area (Å²) >= 11 is 0. The Balaban J connectivity index is 1.83. The van der Waals surface area contributed by atoms with Gasteiger partial charge in [0, 0.05) is 39.3 Å². The Morgan fingerprint density at radius 3 is 2.26 bits per heavy atom. The minimum absolute atomic E-state index is 0.0968. The lowest BCUT2D eigenvalue weighted by atomic mass is 10.2. The maximum atomic E-state index is 12.5. The van der Waals surface area contributed by atoms with E-state index in [4.69, 9.17) is 10.00 Å². The highest BCUT2D eigenvalue weighted by Gasteiger charge is 2.32. The second-order valence-corrected chi connectivity index (χ2v) is 8.07. The molecule has 1 amide bonds. The molecule has 1 aromatic rings. The van der Waals surface area contributed by atoms with Crippen molar-refractivity contribution < 1.29 is 17.9 Å². The lowest BCUT2D eigenvalue weighted by Gasteiger charge is -2.36. The standard InChI is InChI=1S/C18H26N4O4S/c1-3-21(4-2)27(24,25)22-13-11-20(12-14-22)18(23)15-26-17-7-5-16(6-8-17)9-10-19/h5-8H,3-4,9,11-15H2,1-2H3. The lowest BCUT2D eigenvalue weighted by molar-refractivity contribution is -0.134. The predicted molar refractivity (Wildman–Crippen MR) is 101 cm³/mol. The monoisotopic (exact) mass is 394 g/mol. The molecule has 1 aromatic carbocycles. The fraction of sp³-hybridized carbons (Fsp3) is 0.556. The van der Waals surface area contributed by atoms with Crippen molar-refractivity contribution in [2.45, 2.75) is 20.3 Å². The van der Waals surface area contributed by atoms with Crippen LogP contribution in [0, 0.1) is 11.3 Å². The first-order valence-electron chi connectivity index (χ1n) is 9.04. The van der Waals surface area contributed by atoms with Crippen LogP contribution in [0.5, 0.6) is 5.75 Å². The zero-order valence-corrected chi connectivity index (χ0v) is 16.6. The molecule has 27 heavy (non-hydrogen) atoms. The minimum atomic E-state index is -3.46. The number of rotatable bonds is 8. The molecule has 0 spiro atoms. The van der Waals surface area contributed by atoms with E-state index >= 15 is 0 Å². The van der Waals surface area contributed by atoms with Crippen LogP contribution < -0.4 is 4.74 Å². The number of amides is 1. The van der Waals surface area contributed by atoms with Crippen LogP contribution in [0.2, 0.25) is 0 Å². The Labute approximate surface area is 161 Å². The third kappa shape index (κ3) is 5.42. The van der Waals surface area contributed by atoms with E-state index < -0.39 is 10.2 Å². The van der Waals surface area contributed by atoms with Crippen LogP contribution in [0.25, 0.3) is 0 Å². The van der Waals surface area contributed by atoms with Crippen LogP contribution in [0.3, 0.4) is 0 Å². The lowest BCUT2D eigenvalue weighted by Crippen LogP contribution is -2.54. The van der Waals surface area contributed by atoms with Gasteiger partial charge in [0.15, 0.2) is 6.61 Å². The van der Waals surface area contributed by atoms with Gasteiger partial charge in [-0.2, -0.15) is 22.3 Å². The summed E-state index contributed by atoms with van der Waals surface area (Å²) in [6.07, 6.45) is 0.333. The summed E-state index contributed by atoms with van der Waals surface area (Å²) < 4.78 is 33.4. The van der Waals surface area contributed by atoms with Crippen molar-refractivity contribution in [2.24, 2.45) is 0 Å². The average Bonchev–Trinajstić information content (AvgIpc) is 2.68. The van der Waals surface area contributed by atoms with E-state index in [1.54, 1.807) is 29.2 Å². The molecule has 0 saturated carbocycles. The second kappa shape index (κ2) is 9.69. The van der Waals surface area contributed by atoms with Gasteiger partial charge in [0.1, 0.15) is 5.75 Å². The highest BCUT2D eigenvalue weighted by molar-refractivity contribution is 7.86. The van der Waals surface area contributed by atoms with E-state index in [9.17, 15) is 13.2 Å². The Morgan fingerprint density at radius 1 is 1.15 bits per heavy atom. The fourth-order valence-corrected chi connectivity index (χ4v) is 4.52. The molecule has 0 unspecified atom stereocenters. The number of piperazine rings is 1. The molecule has 0 aliphatic carbocycles. The Kier molecular flexibility index (Phi) is 7.59. The van der Waals surface area contributed by atoms with Crippen molar-refractivity contribution in [3.05, 3.63) is 29.8 Å². The number of hydrogen-bond donors (Lipinski definition) is 0. The van der Waals surface area contributed by atoms with Crippen molar-refractivity contribution in [3.8, 4) is 11.8 Å². The molecule has 1 heterocycles. The van der Waals surface area contributed by atoms with E-state index in [0.717, 1.165) is 5.56 Å². The maximum absolute atomic E-state index is 12.5. The molecule has 148 valence electrons. The largest absolute Gasteiger partial charge is 0.484 e. The van der Waals surface area contributed by atoms with Crippen molar-refractivity contribution in [1.82, 2.24) is 13.5 Å². The Bertz CT molecular complexity index is 762. The zero-order valence-electron chi connectivity index (χ0n) is 15.8. The topological polar surface area (TPSA) is 94.0 Å². The molecule has 0 N–H and O–H groups in total. The molecule has 1 fully saturated rings. The van der Waals surface area contributed by atoms with Gasteiger partial charge < -0.3 is 9.64 Å².